The molecule has 0 amide bonds. The van der Waals surface area contributed by atoms with Crippen molar-refractivity contribution in [3.05, 3.63) is 108 Å². The Bertz CT molecular complexity index is 1380. The molecule has 0 aromatic heterocycles. The Hall–Kier alpha value is -3.98. The third-order valence-electron chi connectivity index (χ3n) is 5.32. The summed E-state index contributed by atoms with van der Waals surface area (Å²) in [7, 11) is 0. The van der Waals surface area contributed by atoms with Gasteiger partial charge in [0.15, 0.2) is 5.84 Å². The smallest absolute Gasteiger partial charge is 0.154 e. The van der Waals surface area contributed by atoms with Crippen molar-refractivity contribution in [2.75, 3.05) is 0 Å². The number of nitrogens with zero attached hydrogens (tertiary/aromatic N) is 1. The zero-order valence-corrected chi connectivity index (χ0v) is 15.8. The summed E-state index contributed by atoms with van der Waals surface area (Å²) >= 11 is 0. The van der Waals surface area contributed by atoms with Crippen LogP contribution in [-0.2, 0) is 0 Å². The Balaban J connectivity index is 1.71. The lowest BCUT2D eigenvalue weighted by molar-refractivity contribution is 1.40. The van der Waals surface area contributed by atoms with E-state index in [1.165, 1.54) is 26.9 Å². The van der Waals surface area contributed by atoms with E-state index in [1.807, 2.05) is 36.4 Å². The molecule has 138 valence electrons. The van der Waals surface area contributed by atoms with Crippen molar-refractivity contribution >= 4 is 44.0 Å². The van der Waals surface area contributed by atoms with Crippen molar-refractivity contribution in [1.82, 2.24) is 0 Å². The van der Waals surface area contributed by atoms with E-state index in [1.54, 1.807) is 0 Å². The summed E-state index contributed by atoms with van der Waals surface area (Å²) in [6.45, 7) is 0. The number of fused-ring (bicyclic) bond motifs is 6. The lowest BCUT2D eigenvalue weighted by atomic mass is 9.93. The largest absolute Gasteiger partial charge is 0.383 e. The fraction of sp³-hybridized carbons (Fsp3) is 0. The number of nitrogens with two attached hydrogens (primary N) is 1. The Kier molecular flexibility index (Phi) is 4.07. The molecule has 5 aromatic rings. The van der Waals surface area contributed by atoms with E-state index in [0.29, 0.717) is 5.84 Å². The molecule has 0 aliphatic rings. The van der Waals surface area contributed by atoms with E-state index in [4.69, 9.17) is 11.1 Å². The average Bonchev–Trinajstić information content (AvgIpc) is 2.79. The molecule has 5 aromatic carbocycles. The minimum absolute atomic E-state index is 0.159. The predicted molar refractivity (Wildman–Crippen MR) is 123 cm³/mol. The summed E-state index contributed by atoms with van der Waals surface area (Å²) in [6.07, 6.45) is 0. The van der Waals surface area contributed by atoms with E-state index in [9.17, 15) is 0 Å². The van der Waals surface area contributed by atoms with Gasteiger partial charge in [-0.3, -0.25) is 5.41 Å². The van der Waals surface area contributed by atoms with E-state index in [0.717, 1.165) is 16.5 Å². The second-order valence-corrected chi connectivity index (χ2v) is 7.06. The zero-order valence-electron chi connectivity index (χ0n) is 15.8. The number of amidine groups is 2. The molecule has 0 atom stereocenters. The maximum absolute atomic E-state index is 8.24. The van der Waals surface area contributed by atoms with Gasteiger partial charge in [0.2, 0.25) is 0 Å². The van der Waals surface area contributed by atoms with Crippen molar-refractivity contribution in [2.45, 2.75) is 0 Å². The van der Waals surface area contributed by atoms with Gasteiger partial charge in [0, 0.05) is 11.1 Å². The van der Waals surface area contributed by atoms with E-state index in [-0.39, 0.29) is 5.84 Å². The molecule has 0 spiro atoms. The van der Waals surface area contributed by atoms with Crippen LogP contribution in [0.1, 0.15) is 11.1 Å². The molecule has 29 heavy (non-hydrogen) atoms. The number of nitrogens with one attached hydrogen (secondary N) is 1. The maximum Gasteiger partial charge on any atom is 0.154 e. The van der Waals surface area contributed by atoms with Crippen LogP contribution in [0.2, 0.25) is 0 Å². The third kappa shape index (κ3) is 2.93. The lowest BCUT2D eigenvalue weighted by Crippen LogP contribution is -2.16. The van der Waals surface area contributed by atoms with Crippen molar-refractivity contribution in [3.63, 3.8) is 0 Å². The molecule has 3 N–H and O–H groups in total. The normalized spacial score (nSPS) is 11.9. The van der Waals surface area contributed by atoms with E-state index < -0.39 is 0 Å². The zero-order chi connectivity index (χ0) is 19.8. The summed E-state index contributed by atoms with van der Waals surface area (Å²) in [6, 6.07) is 32.5. The molecule has 5 rings (SSSR count). The van der Waals surface area contributed by atoms with Crippen molar-refractivity contribution in [2.24, 2.45) is 10.7 Å². The van der Waals surface area contributed by atoms with Crippen LogP contribution in [0.25, 0.3) is 32.3 Å². The molecular weight excluding hydrogens is 354 g/mol. The fourth-order valence-corrected chi connectivity index (χ4v) is 3.91. The molecule has 0 fully saturated rings. The molecule has 0 unspecified atom stereocenters. The first-order chi connectivity index (χ1) is 14.2. The number of hydrogen-bond donors (Lipinski definition) is 2. The molecular formula is C26H19N3. The topological polar surface area (TPSA) is 62.2 Å². The lowest BCUT2D eigenvalue weighted by Gasteiger charge is -2.11. The predicted octanol–water partition coefficient (Wildman–Crippen LogP) is 5.88. The van der Waals surface area contributed by atoms with Crippen LogP contribution in [0.4, 0.5) is 0 Å². The van der Waals surface area contributed by atoms with Crippen LogP contribution >= 0.6 is 0 Å². The number of rotatable bonds is 2. The first-order valence-electron chi connectivity index (χ1n) is 9.54. The van der Waals surface area contributed by atoms with E-state index >= 15 is 0 Å². The molecule has 0 aliphatic carbocycles. The van der Waals surface area contributed by atoms with Crippen molar-refractivity contribution in [1.29, 1.82) is 5.41 Å². The van der Waals surface area contributed by atoms with Crippen LogP contribution in [0.3, 0.4) is 0 Å². The first-order valence-corrected chi connectivity index (χ1v) is 9.54. The van der Waals surface area contributed by atoms with Crippen LogP contribution in [0.5, 0.6) is 0 Å². The maximum atomic E-state index is 8.24. The minimum Gasteiger partial charge on any atom is -0.383 e. The van der Waals surface area contributed by atoms with Crippen molar-refractivity contribution < 1.29 is 0 Å². The fourth-order valence-electron chi connectivity index (χ4n) is 3.91. The molecule has 0 saturated carbocycles. The van der Waals surface area contributed by atoms with Gasteiger partial charge in [-0.15, -0.1) is 0 Å². The Morgan fingerprint density at radius 1 is 0.552 bits per heavy atom. The van der Waals surface area contributed by atoms with Gasteiger partial charge in [0.1, 0.15) is 5.84 Å². The van der Waals surface area contributed by atoms with Gasteiger partial charge in [-0.05, 0) is 38.4 Å². The highest BCUT2D eigenvalue weighted by atomic mass is 14.9. The third-order valence-corrected chi connectivity index (χ3v) is 5.32. The summed E-state index contributed by atoms with van der Waals surface area (Å²) in [5.41, 5.74) is 7.85. The van der Waals surface area contributed by atoms with Gasteiger partial charge in [0.05, 0.1) is 0 Å². The average molecular weight is 373 g/mol. The molecule has 0 bridgehead atoms. The minimum atomic E-state index is 0.159. The highest BCUT2D eigenvalue weighted by Crippen LogP contribution is 2.35. The van der Waals surface area contributed by atoms with Gasteiger partial charge >= 0.3 is 0 Å². The monoisotopic (exact) mass is 373 g/mol. The van der Waals surface area contributed by atoms with Crippen LogP contribution in [0, 0.1) is 5.41 Å². The second-order valence-electron chi connectivity index (χ2n) is 7.06. The van der Waals surface area contributed by atoms with Crippen LogP contribution < -0.4 is 5.73 Å². The summed E-state index contributed by atoms with van der Waals surface area (Å²) in [5.74, 6) is 0.504. The molecule has 3 nitrogen and oxygen atoms in total. The standard InChI is InChI=1S/C26H19N3/c27-25(17-8-2-1-3-9-17)29-26(28)18-14-15-23-21-12-5-4-10-19(21)20-11-6-7-13-22(20)24(23)16-18/h1-16H,(H3,27,28,29). The quantitative estimate of drug-likeness (QED) is 0.227. The van der Waals surface area contributed by atoms with Crippen LogP contribution in [0.15, 0.2) is 102 Å². The molecule has 0 heterocycles. The number of aliphatic imine (C=N–C) groups is 1. The van der Waals surface area contributed by atoms with Gasteiger partial charge in [-0.1, -0.05) is 91.0 Å². The summed E-state index contributed by atoms with van der Waals surface area (Å²) in [5, 5.41) is 15.5. The highest BCUT2D eigenvalue weighted by Gasteiger charge is 2.10. The van der Waals surface area contributed by atoms with Crippen molar-refractivity contribution in [3.8, 4) is 0 Å². The molecule has 0 radical (unpaired) electrons. The SMILES string of the molecule is N=C(/N=C(\N)c1ccc2c3ccccc3c3ccccc3c2c1)c1ccccc1. The number of benzene rings is 5. The van der Waals surface area contributed by atoms with Gasteiger partial charge in [-0.25, -0.2) is 4.99 Å². The van der Waals surface area contributed by atoms with Gasteiger partial charge < -0.3 is 5.73 Å². The molecule has 3 heteroatoms. The van der Waals surface area contributed by atoms with Gasteiger partial charge in [-0.2, -0.15) is 0 Å². The summed E-state index contributed by atoms with van der Waals surface area (Å²) < 4.78 is 0. The molecule has 0 aliphatic heterocycles. The Labute approximate surface area is 168 Å². The Morgan fingerprint density at radius 2 is 1.03 bits per heavy atom. The Morgan fingerprint density at radius 3 is 1.62 bits per heavy atom. The summed E-state index contributed by atoms with van der Waals surface area (Å²) in [4.78, 5) is 4.34. The van der Waals surface area contributed by atoms with E-state index in [2.05, 4.69) is 65.7 Å². The first kappa shape index (κ1) is 17.1. The highest BCUT2D eigenvalue weighted by molar-refractivity contribution is 6.26. The number of hydrogen-bond acceptors (Lipinski definition) is 1. The van der Waals surface area contributed by atoms with Crippen LogP contribution in [-0.4, -0.2) is 11.7 Å². The second kappa shape index (κ2) is 6.88. The molecule has 0 saturated heterocycles. The van der Waals surface area contributed by atoms with Gasteiger partial charge in [0.25, 0.3) is 0 Å².